The predicted octanol–water partition coefficient (Wildman–Crippen LogP) is 5.13. The molecule has 2 rings (SSSR count). The van der Waals surface area contributed by atoms with Crippen LogP contribution in [0.2, 0.25) is 0 Å². The number of rotatable bonds is 5. The van der Waals surface area contributed by atoms with Gasteiger partial charge in [0.1, 0.15) is 11.4 Å². The first kappa shape index (κ1) is 25.5. The Morgan fingerprint density at radius 2 is 1.83 bits per heavy atom. The van der Waals surface area contributed by atoms with Crippen LogP contribution < -0.4 is 15.4 Å². The van der Waals surface area contributed by atoms with Gasteiger partial charge in [-0.05, 0) is 45.4 Å². The molecular weight excluding hydrogens is 516 g/mol. The molecule has 10 heteroatoms. The van der Waals surface area contributed by atoms with Crippen LogP contribution in [0, 0.1) is 6.92 Å². The van der Waals surface area contributed by atoms with Crippen LogP contribution in [0.4, 0.5) is 13.2 Å². The number of aliphatic imine (C=N–C) groups is 1. The summed E-state index contributed by atoms with van der Waals surface area (Å²) in [6, 6.07) is 4.02. The van der Waals surface area contributed by atoms with Crippen molar-refractivity contribution in [3.63, 3.8) is 0 Å². The summed E-state index contributed by atoms with van der Waals surface area (Å²) in [5.41, 5.74) is -1.19. The van der Waals surface area contributed by atoms with E-state index in [9.17, 15) is 13.2 Å². The number of benzene rings is 1. The molecule has 0 bridgehead atoms. The zero-order valence-electron chi connectivity index (χ0n) is 17.0. The van der Waals surface area contributed by atoms with Crippen molar-refractivity contribution in [2.45, 2.75) is 52.6 Å². The van der Waals surface area contributed by atoms with Gasteiger partial charge in [0, 0.05) is 24.7 Å². The number of guanidine groups is 1. The van der Waals surface area contributed by atoms with Gasteiger partial charge < -0.3 is 15.4 Å². The second-order valence-corrected chi connectivity index (χ2v) is 8.48. The number of hydrogen-bond donors (Lipinski definition) is 2. The lowest BCUT2D eigenvalue weighted by Gasteiger charge is -2.23. The zero-order valence-corrected chi connectivity index (χ0v) is 20.1. The Labute approximate surface area is 190 Å². The summed E-state index contributed by atoms with van der Waals surface area (Å²) in [5.74, 6) is 0.598. The fourth-order valence-electron chi connectivity index (χ4n) is 2.45. The van der Waals surface area contributed by atoms with E-state index in [1.54, 1.807) is 51.4 Å². The minimum absolute atomic E-state index is 0. The highest BCUT2D eigenvalue weighted by atomic mass is 127. The molecule has 0 atom stereocenters. The summed E-state index contributed by atoms with van der Waals surface area (Å²) in [5, 5.41) is 6.95. The molecule has 0 unspecified atom stereocenters. The van der Waals surface area contributed by atoms with Crippen molar-refractivity contribution in [3.05, 3.63) is 45.4 Å². The molecule has 5 nitrogen and oxygen atoms in total. The van der Waals surface area contributed by atoms with Crippen molar-refractivity contribution in [2.24, 2.45) is 4.99 Å². The summed E-state index contributed by atoms with van der Waals surface area (Å²) < 4.78 is 46.1. The molecule has 2 N–H and O–H groups in total. The third kappa shape index (κ3) is 8.37. The number of hydrogen-bond acceptors (Lipinski definition) is 4. The van der Waals surface area contributed by atoms with Crippen LogP contribution in [0.1, 0.15) is 41.8 Å². The van der Waals surface area contributed by atoms with E-state index in [0.717, 1.165) is 16.0 Å². The molecule has 0 aliphatic rings. The molecule has 0 saturated carbocycles. The quantitative estimate of drug-likeness (QED) is 0.313. The maximum Gasteiger partial charge on any atom is 0.416 e. The number of nitrogens with one attached hydrogen (secondary N) is 2. The fraction of sp³-hybridized carbons (Fsp3) is 0.474. The Balaban J connectivity index is 0.00000420. The Bertz CT molecular complexity index is 832. The molecule has 1 aromatic carbocycles. The minimum Gasteiger partial charge on any atom is -0.488 e. The lowest BCUT2D eigenvalue weighted by molar-refractivity contribution is -0.138. The second kappa shape index (κ2) is 10.5. The number of aromatic nitrogens is 1. The van der Waals surface area contributed by atoms with Crippen molar-refractivity contribution in [2.75, 3.05) is 7.05 Å². The van der Waals surface area contributed by atoms with Gasteiger partial charge >= 0.3 is 6.18 Å². The molecule has 0 amide bonds. The SMILES string of the molecule is CN=C(NCc1cnc(C)s1)NCc1ccc(OC(C)(C)C)cc1C(F)(F)F.I. The van der Waals surface area contributed by atoms with Crippen LogP contribution in [-0.2, 0) is 19.3 Å². The summed E-state index contributed by atoms with van der Waals surface area (Å²) >= 11 is 1.55. The van der Waals surface area contributed by atoms with Gasteiger partial charge in [0.25, 0.3) is 0 Å². The standard InChI is InChI=1S/C19H25F3N4OS.HI/c1-12-24-10-15(28-12)11-26-17(23-5)25-9-13-6-7-14(27-18(2,3)4)8-16(13)19(20,21)22;/h6-8,10H,9,11H2,1-5H3,(H2,23,25,26);1H. The largest absolute Gasteiger partial charge is 0.488 e. The zero-order chi connectivity index (χ0) is 20.9. The van der Waals surface area contributed by atoms with Crippen molar-refractivity contribution in [1.82, 2.24) is 15.6 Å². The smallest absolute Gasteiger partial charge is 0.416 e. The molecule has 1 aromatic heterocycles. The number of thiazole rings is 1. The van der Waals surface area contributed by atoms with Gasteiger partial charge in [-0.3, -0.25) is 4.99 Å². The van der Waals surface area contributed by atoms with Crippen molar-refractivity contribution < 1.29 is 17.9 Å². The summed E-state index contributed by atoms with van der Waals surface area (Å²) in [7, 11) is 1.57. The summed E-state index contributed by atoms with van der Waals surface area (Å²) in [4.78, 5) is 9.24. The van der Waals surface area contributed by atoms with Crippen LogP contribution in [-0.4, -0.2) is 23.6 Å². The lowest BCUT2D eigenvalue weighted by Crippen LogP contribution is -2.36. The lowest BCUT2D eigenvalue weighted by atomic mass is 10.1. The summed E-state index contributed by atoms with van der Waals surface area (Å²) in [6.07, 6.45) is -2.72. The van der Waals surface area contributed by atoms with E-state index in [0.29, 0.717) is 12.5 Å². The van der Waals surface area contributed by atoms with Crippen LogP contribution in [0.25, 0.3) is 0 Å². The highest BCUT2D eigenvalue weighted by molar-refractivity contribution is 14.0. The highest BCUT2D eigenvalue weighted by Gasteiger charge is 2.34. The third-order valence-electron chi connectivity index (χ3n) is 3.58. The molecule has 2 aromatic rings. The van der Waals surface area contributed by atoms with E-state index in [-0.39, 0.29) is 41.8 Å². The number of alkyl halides is 3. The molecule has 29 heavy (non-hydrogen) atoms. The molecule has 0 saturated heterocycles. The van der Waals surface area contributed by atoms with Crippen LogP contribution >= 0.6 is 35.3 Å². The molecule has 1 heterocycles. The minimum atomic E-state index is -4.48. The Morgan fingerprint density at radius 1 is 1.17 bits per heavy atom. The average molecular weight is 542 g/mol. The van der Waals surface area contributed by atoms with Gasteiger partial charge in [-0.2, -0.15) is 13.2 Å². The highest BCUT2D eigenvalue weighted by Crippen LogP contribution is 2.35. The first-order valence-electron chi connectivity index (χ1n) is 8.73. The van der Waals surface area contributed by atoms with Gasteiger partial charge in [-0.15, -0.1) is 35.3 Å². The average Bonchev–Trinajstić information content (AvgIpc) is 2.99. The van der Waals surface area contributed by atoms with E-state index in [2.05, 4.69) is 20.6 Å². The van der Waals surface area contributed by atoms with Gasteiger partial charge in [0.05, 0.1) is 17.1 Å². The van der Waals surface area contributed by atoms with Gasteiger partial charge in [-0.25, -0.2) is 4.98 Å². The maximum absolute atomic E-state index is 13.5. The Hall–Kier alpha value is -1.56. The maximum atomic E-state index is 13.5. The molecule has 0 spiro atoms. The van der Waals surface area contributed by atoms with Gasteiger partial charge in [0.15, 0.2) is 5.96 Å². The van der Waals surface area contributed by atoms with E-state index < -0.39 is 17.3 Å². The number of nitrogens with zero attached hydrogens (tertiary/aromatic N) is 2. The second-order valence-electron chi connectivity index (χ2n) is 7.16. The number of ether oxygens (including phenoxy) is 1. The molecule has 0 radical (unpaired) electrons. The summed E-state index contributed by atoms with van der Waals surface area (Å²) in [6.45, 7) is 7.75. The Morgan fingerprint density at radius 3 is 2.34 bits per heavy atom. The van der Waals surface area contributed by atoms with E-state index in [1.807, 2.05) is 6.92 Å². The van der Waals surface area contributed by atoms with Crippen molar-refractivity contribution in [1.29, 1.82) is 0 Å². The molecule has 0 aliphatic heterocycles. The molecule has 0 fully saturated rings. The number of halogens is 4. The van der Waals surface area contributed by atoms with Crippen molar-refractivity contribution >= 4 is 41.3 Å². The van der Waals surface area contributed by atoms with Gasteiger partial charge in [-0.1, -0.05) is 6.07 Å². The normalized spacial score (nSPS) is 12.3. The van der Waals surface area contributed by atoms with Crippen molar-refractivity contribution in [3.8, 4) is 5.75 Å². The number of aryl methyl sites for hydroxylation is 1. The first-order chi connectivity index (χ1) is 13.0. The molecular formula is C19H26F3IN4OS. The molecule has 162 valence electrons. The topological polar surface area (TPSA) is 58.5 Å². The fourth-order valence-corrected chi connectivity index (χ4v) is 3.18. The monoisotopic (exact) mass is 542 g/mol. The van der Waals surface area contributed by atoms with Crippen LogP contribution in [0.15, 0.2) is 29.4 Å². The van der Waals surface area contributed by atoms with E-state index >= 15 is 0 Å². The van der Waals surface area contributed by atoms with Crippen LogP contribution in [0.3, 0.4) is 0 Å². The predicted molar refractivity (Wildman–Crippen MR) is 121 cm³/mol. The van der Waals surface area contributed by atoms with E-state index in [4.69, 9.17) is 4.74 Å². The van der Waals surface area contributed by atoms with E-state index in [1.165, 1.54) is 6.07 Å². The van der Waals surface area contributed by atoms with Gasteiger partial charge in [0.2, 0.25) is 0 Å². The first-order valence-corrected chi connectivity index (χ1v) is 9.54. The third-order valence-corrected chi connectivity index (χ3v) is 4.49. The van der Waals surface area contributed by atoms with Crippen LogP contribution in [0.5, 0.6) is 5.75 Å². The molecule has 0 aliphatic carbocycles. The Kier molecular flexibility index (Phi) is 9.19.